The van der Waals surface area contributed by atoms with E-state index in [1.807, 2.05) is 0 Å². The van der Waals surface area contributed by atoms with E-state index in [-0.39, 0.29) is 18.1 Å². The van der Waals surface area contributed by atoms with Gasteiger partial charge in [0.25, 0.3) is 0 Å². The number of nitrogens with zero attached hydrogens (tertiary/aromatic N) is 2. The summed E-state index contributed by atoms with van der Waals surface area (Å²) in [6.07, 6.45) is -0.297. The molecule has 2 heterocycles. The van der Waals surface area contributed by atoms with Crippen molar-refractivity contribution >= 4 is 29.9 Å². The van der Waals surface area contributed by atoms with Crippen molar-refractivity contribution in [2.24, 2.45) is 5.92 Å². The van der Waals surface area contributed by atoms with Gasteiger partial charge in [-0.25, -0.2) is 19.4 Å². The summed E-state index contributed by atoms with van der Waals surface area (Å²) in [7, 11) is 1.24. The Labute approximate surface area is 181 Å². The summed E-state index contributed by atoms with van der Waals surface area (Å²) >= 11 is 0. The van der Waals surface area contributed by atoms with Crippen LogP contribution in [0.1, 0.15) is 47.1 Å². The van der Waals surface area contributed by atoms with Crippen LogP contribution in [-0.4, -0.2) is 53.4 Å². The fraction of sp³-hybridized carbons (Fsp3) is 0.571. The lowest BCUT2D eigenvalue weighted by Crippen LogP contribution is -2.62. The number of anilines is 1. The zero-order chi connectivity index (χ0) is 23.6. The highest BCUT2D eigenvalue weighted by Gasteiger charge is 2.44. The van der Waals surface area contributed by atoms with E-state index < -0.39 is 41.3 Å². The van der Waals surface area contributed by atoms with Gasteiger partial charge < -0.3 is 19.5 Å². The van der Waals surface area contributed by atoms with Crippen LogP contribution < -0.4 is 10.2 Å². The SMILES string of the molecule is COC(=O)[C@H]1NC(=O)C1Cc1ccnc(N(C(=O)OC(C)(C)C)C(=O)OC(C)(C)C)c1. The summed E-state index contributed by atoms with van der Waals surface area (Å²) < 4.78 is 15.4. The van der Waals surface area contributed by atoms with Crippen LogP contribution in [0.2, 0.25) is 0 Å². The first-order valence-corrected chi connectivity index (χ1v) is 9.81. The zero-order valence-electron chi connectivity index (χ0n) is 18.8. The van der Waals surface area contributed by atoms with Gasteiger partial charge in [-0.3, -0.25) is 4.79 Å². The number of pyridine rings is 1. The van der Waals surface area contributed by atoms with Crippen LogP contribution in [0.3, 0.4) is 0 Å². The van der Waals surface area contributed by atoms with E-state index in [2.05, 4.69) is 10.3 Å². The van der Waals surface area contributed by atoms with E-state index in [9.17, 15) is 19.2 Å². The van der Waals surface area contributed by atoms with Gasteiger partial charge in [-0.05, 0) is 65.7 Å². The van der Waals surface area contributed by atoms with Crippen molar-refractivity contribution in [3.63, 3.8) is 0 Å². The summed E-state index contributed by atoms with van der Waals surface area (Å²) in [4.78, 5) is 54.0. The molecular formula is C21H29N3O7. The molecule has 2 atom stereocenters. The maximum atomic E-state index is 12.8. The van der Waals surface area contributed by atoms with E-state index in [0.29, 0.717) is 10.5 Å². The van der Waals surface area contributed by atoms with Crippen molar-refractivity contribution in [3.05, 3.63) is 23.9 Å². The molecule has 1 aromatic rings. The number of ether oxygens (including phenoxy) is 3. The average Bonchev–Trinajstić information content (AvgIpc) is 2.61. The quantitative estimate of drug-likeness (QED) is 0.435. The van der Waals surface area contributed by atoms with Crippen LogP contribution in [-0.2, 0) is 30.2 Å². The van der Waals surface area contributed by atoms with Gasteiger partial charge in [0, 0.05) is 6.20 Å². The predicted molar refractivity (Wildman–Crippen MR) is 110 cm³/mol. The van der Waals surface area contributed by atoms with E-state index in [4.69, 9.17) is 14.2 Å². The average molecular weight is 435 g/mol. The van der Waals surface area contributed by atoms with E-state index in [0.717, 1.165) is 0 Å². The fourth-order valence-electron chi connectivity index (χ4n) is 2.82. The number of hydrogen-bond donors (Lipinski definition) is 1. The molecule has 0 aliphatic carbocycles. The number of nitrogens with one attached hydrogen (secondary N) is 1. The Morgan fingerprint density at radius 2 is 1.61 bits per heavy atom. The molecule has 1 fully saturated rings. The van der Waals surface area contributed by atoms with Crippen LogP contribution in [0, 0.1) is 5.92 Å². The van der Waals surface area contributed by atoms with Crippen molar-refractivity contribution in [2.45, 2.75) is 65.2 Å². The highest BCUT2D eigenvalue weighted by Crippen LogP contribution is 2.25. The number of methoxy groups -OCH3 is 1. The number of rotatable bonds is 4. The Morgan fingerprint density at radius 3 is 2.06 bits per heavy atom. The lowest BCUT2D eigenvalue weighted by Gasteiger charge is -2.34. The van der Waals surface area contributed by atoms with Crippen molar-refractivity contribution in [1.29, 1.82) is 0 Å². The lowest BCUT2D eigenvalue weighted by molar-refractivity contribution is -0.155. The number of aromatic nitrogens is 1. The van der Waals surface area contributed by atoms with Gasteiger partial charge in [0.15, 0.2) is 0 Å². The standard InChI is InChI=1S/C21H29N3O7/c1-20(2,3)30-18(27)24(19(28)31-21(4,5)6)14-11-12(8-9-22-14)10-13-15(17(26)29-7)23-16(13)25/h8-9,11,13,15H,10H2,1-7H3,(H,23,25)/t13?,15-/m0/s1. The van der Waals surface area contributed by atoms with Crippen molar-refractivity contribution in [1.82, 2.24) is 10.3 Å². The van der Waals surface area contributed by atoms with E-state index in [1.165, 1.54) is 19.4 Å². The van der Waals surface area contributed by atoms with Crippen molar-refractivity contribution in [3.8, 4) is 0 Å². The second kappa shape index (κ2) is 8.91. The van der Waals surface area contributed by atoms with Crippen LogP contribution in [0.5, 0.6) is 0 Å². The molecule has 0 spiro atoms. The van der Waals surface area contributed by atoms with Gasteiger partial charge >= 0.3 is 18.2 Å². The fourth-order valence-corrected chi connectivity index (χ4v) is 2.82. The summed E-state index contributed by atoms with van der Waals surface area (Å²) in [5, 5.41) is 2.50. The molecular weight excluding hydrogens is 406 g/mol. The van der Waals surface area contributed by atoms with Crippen LogP contribution in [0.15, 0.2) is 18.3 Å². The molecule has 0 saturated carbocycles. The molecule has 0 aromatic carbocycles. The first-order valence-electron chi connectivity index (χ1n) is 9.81. The molecule has 0 radical (unpaired) electrons. The molecule has 1 aliphatic heterocycles. The zero-order valence-corrected chi connectivity index (χ0v) is 18.8. The molecule has 10 heteroatoms. The van der Waals surface area contributed by atoms with Gasteiger partial charge in [0.05, 0.1) is 13.0 Å². The molecule has 1 N–H and O–H groups in total. The first kappa shape index (κ1) is 24.1. The number of amides is 3. The predicted octanol–water partition coefficient (Wildman–Crippen LogP) is 2.59. The number of imide groups is 1. The molecule has 3 amide bonds. The number of β-lactam (4-membered cyclic amide) rings is 1. The van der Waals surface area contributed by atoms with Crippen molar-refractivity contribution in [2.75, 3.05) is 12.0 Å². The molecule has 0 bridgehead atoms. The number of carbonyl (C=O) groups excluding carboxylic acids is 4. The minimum absolute atomic E-state index is 0.0182. The normalized spacial score (nSPS) is 18.4. The number of hydrogen-bond acceptors (Lipinski definition) is 8. The van der Waals surface area contributed by atoms with Crippen molar-refractivity contribution < 1.29 is 33.4 Å². The van der Waals surface area contributed by atoms with Crippen LogP contribution >= 0.6 is 0 Å². The van der Waals surface area contributed by atoms with Gasteiger partial charge in [-0.1, -0.05) is 0 Å². The molecule has 1 aliphatic rings. The van der Waals surface area contributed by atoms with Crippen LogP contribution in [0.25, 0.3) is 0 Å². The number of esters is 1. The molecule has 170 valence electrons. The third kappa shape index (κ3) is 6.40. The molecule has 10 nitrogen and oxygen atoms in total. The summed E-state index contributed by atoms with van der Waals surface area (Å²) in [6, 6.07) is 2.36. The highest BCUT2D eigenvalue weighted by atomic mass is 16.6. The largest absolute Gasteiger partial charge is 0.467 e. The Bertz CT molecular complexity index is 842. The van der Waals surface area contributed by atoms with Gasteiger partial charge in [-0.2, -0.15) is 4.90 Å². The van der Waals surface area contributed by atoms with Gasteiger partial charge in [0.2, 0.25) is 5.91 Å². The first-order chi connectivity index (χ1) is 14.2. The summed E-state index contributed by atoms with van der Waals surface area (Å²) in [6.45, 7) is 10.0. The second-order valence-corrected chi connectivity index (χ2v) is 9.14. The van der Waals surface area contributed by atoms with E-state index in [1.54, 1.807) is 47.6 Å². The molecule has 1 saturated heterocycles. The number of carbonyl (C=O) groups is 4. The third-order valence-corrected chi connectivity index (χ3v) is 4.14. The minimum atomic E-state index is -0.944. The Morgan fingerprint density at radius 1 is 1.06 bits per heavy atom. The lowest BCUT2D eigenvalue weighted by atomic mass is 9.85. The van der Waals surface area contributed by atoms with Crippen LogP contribution in [0.4, 0.5) is 15.4 Å². The Hall–Kier alpha value is -3.17. The summed E-state index contributed by atoms with van der Waals surface area (Å²) in [5.41, 5.74) is -1.12. The molecule has 1 aromatic heterocycles. The van der Waals surface area contributed by atoms with Gasteiger partial charge in [0.1, 0.15) is 23.1 Å². The topological polar surface area (TPSA) is 124 Å². The van der Waals surface area contributed by atoms with E-state index >= 15 is 0 Å². The maximum absolute atomic E-state index is 12.8. The molecule has 31 heavy (non-hydrogen) atoms. The second-order valence-electron chi connectivity index (χ2n) is 9.14. The molecule has 2 rings (SSSR count). The molecule has 1 unspecified atom stereocenters. The third-order valence-electron chi connectivity index (χ3n) is 4.14. The Balaban J connectivity index is 2.32. The van der Waals surface area contributed by atoms with Gasteiger partial charge in [-0.15, -0.1) is 0 Å². The Kier molecular flexibility index (Phi) is 6.93. The smallest absolute Gasteiger partial charge is 0.425 e. The minimum Gasteiger partial charge on any atom is -0.467 e. The summed E-state index contributed by atoms with van der Waals surface area (Å²) in [5.74, 6) is -1.47. The maximum Gasteiger partial charge on any atom is 0.425 e. The monoisotopic (exact) mass is 435 g/mol. The highest BCUT2D eigenvalue weighted by molar-refractivity contribution is 6.08.